The molecule has 16 heavy (non-hydrogen) atoms. The maximum atomic E-state index is 11.4. The zero-order chi connectivity index (χ0) is 12.2. The van der Waals surface area contributed by atoms with Crippen LogP contribution >= 0.6 is 0 Å². The SMILES string of the molecule is C=Cc1ccc(OC(=O)NC(C)(C)C)cc1. The Bertz CT molecular complexity index is 374. The molecule has 0 aliphatic heterocycles. The first kappa shape index (κ1) is 12.3. The van der Waals surface area contributed by atoms with Gasteiger partial charge in [0.05, 0.1) is 0 Å². The molecule has 0 radical (unpaired) electrons. The van der Waals surface area contributed by atoms with Gasteiger partial charge in [-0.1, -0.05) is 24.8 Å². The Balaban J connectivity index is 2.59. The fourth-order valence-corrected chi connectivity index (χ4v) is 1.11. The Hall–Kier alpha value is -1.77. The van der Waals surface area contributed by atoms with Crippen molar-refractivity contribution in [1.29, 1.82) is 0 Å². The molecule has 0 saturated heterocycles. The number of benzene rings is 1. The van der Waals surface area contributed by atoms with Gasteiger partial charge in [-0.25, -0.2) is 4.79 Å². The third-order valence-electron chi connectivity index (χ3n) is 1.80. The number of hydrogen-bond donors (Lipinski definition) is 1. The van der Waals surface area contributed by atoms with E-state index in [9.17, 15) is 4.79 Å². The molecule has 3 nitrogen and oxygen atoms in total. The van der Waals surface area contributed by atoms with Crippen LogP contribution in [0.3, 0.4) is 0 Å². The van der Waals surface area contributed by atoms with Gasteiger partial charge in [0.25, 0.3) is 0 Å². The van der Waals surface area contributed by atoms with E-state index in [4.69, 9.17) is 4.74 Å². The van der Waals surface area contributed by atoms with Crippen LogP contribution in [0.5, 0.6) is 5.75 Å². The number of nitrogens with one attached hydrogen (secondary N) is 1. The Morgan fingerprint density at radius 3 is 2.31 bits per heavy atom. The van der Waals surface area contributed by atoms with Crippen molar-refractivity contribution < 1.29 is 9.53 Å². The molecule has 0 heterocycles. The molecule has 1 amide bonds. The third kappa shape index (κ3) is 4.17. The highest BCUT2D eigenvalue weighted by atomic mass is 16.6. The van der Waals surface area contributed by atoms with E-state index in [0.29, 0.717) is 5.75 Å². The van der Waals surface area contributed by atoms with Crippen LogP contribution in [0, 0.1) is 0 Å². The van der Waals surface area contributed by atoms with Gasteiger partial charge in [-0.3, -0.25) is 0 Å². The molecule has 0 spiro atoms. The van der Waals surface area contributed by atoms with Gasteiger partial charge in [0.1, 0.15) is 5.75 Å². The predicted octanol–water partition coefficient (Wildman–Crippen LogP) is 3.22. The first-order valence-corrected chi connectivity index (χ1v) is 5.13. The van der Waals surface area contributed by atoms with Crippen molar-refractivity contribution in [2.24, 2.45) is 0 Å². The normalized spacial score (nSPS) is 10.7. The van der Waals surface area contributed by atoms with Crippen LogP contribution in [0.2, 0.25) is 0 Å². The average Bonchev–Trinajstić information content (AvgIpc) is 2.16. The third-order valence-corrected chi connectivity index (χ3v) is 1.80. The van der Waals surface area contributed by atoms with Crippen LogP contribution in [0.15, 0.2) is 30.8 Å². The van der Waals surface area contributed by atoms with E-state index >= 15 is 0 Å². The summed E-state index contributed by atoms with van der Waals surface area (Å²) in [5.74, 6) is 0.521. The Labute approximate surface area is 96.1 Å². The quantitative estimate of drug-likeness (QED) is 0.829. The first-order chi connectivity index (χ1) is 7.40. The fraction of sp³-hybridized carbons (Fsp3) is 0.308. The number of ether oxygens (including phenoxy) is 1. The molecule has 0 atom stereocenters. The van der Waals surface area contributed by atoms with Gasteiger partial charge in [-0.05, 0) is 38.5 Å². The number of carbonyl (C=O) groups excluding carboxylic acids is 1. The summed E-state index contributed by atoms with van der Waals surface area (Å²) in [5, 5.41) is 2.71. The van der Waals surface area contributed by atoms with Gasteiger partial charge in [0, 0.05) is 5.54 Å². The smallest absolute Gasteiger partial charge is 0.410 e. The van der Waals surface area contributed by atoms with E-state index in [2.05, 4.69) is 11.9 Å². The molecule has 0 unspecified atom stereocenters. The van der Waals surface area contributed by atoms with Crippen molar-refractivity contribution in [3.63, 3.8) is 0 Å². The summed E-state index contributed by atoms with van der Waals surface area (Å²) in [6.07, 6.45) is 1.29. The molecule has 1 rings (SSSR count). The lowest BCUT2D eigenvalue weighted by Crippen LogP contribution is -2.42. The van der Waals surface area contributed by atoms with Crippen LogP contribution in [0.1, 0.15) is 26.3 Å². The summed E-state index contributed by atoms with van der Waals surface area (Å²) in [5.41, 5.74) is 0.696. The van der Waals surface area contributed by atoms with Gasteiger partial charge < -0.3 is 10.1 Å². The van der Waals surface area contributed by atoms with Crippen LogP contribution in [0.25, 0.3) is 6.08 Å². The zero-order valence-corrected chi connectivity index (χ0v) is 9.91. The summed E-state index contributed by atoms with van der Waals surface area (Å²) in [7, 11) is 0. The number of amides is 1. The number of carbonyl (C=O) groups is 1. The highest BCUT2D eigenvalue weighted by molar-refractivity contribution is 5.71. The van der Waals surface area contributed by atoms with Crippen molar-refractivity contribution in [3.05, 3.63) is 36.4 Å². The molecule has 0 bridgehead atoms. The second-order valence-electron chi connectivity index (χ2n) is 4.54. The van der Waals surface area contributed by atoms with Gasteiger partial charge >= 0.3 is 6.09 Å². The van der Waals surface area contributed by atoms with Crippen LogP contribution in [-0.2, 0) is 0 Å². The molecule has 1 N–H and O–H groups in total. The molecule has 0 saturated carbocycles. The maximum absolute atomic E-state index is 11.4. The average molecular weight is 219 g/mol. The lowest BCUT2D eigenvalue weighted by molar-refractivity contribution is 0.190. The van der Waals surface area contributed by atoms with Crippen LogP contribution in [0.4, 0.5) is 4.79 Å². The minimum Gasteiger partial charge on any atom is -0.410 e. The monoisotopic (exact) mass is 219 g/mol. The molecule has 0 aliphatic rings. The Kier molecular flexibility index (Phi) is 3.72. The summed E-state index contributed by atoms with van der Waals surface area (Å²) in [4.78, 5) is 11.4. The molecule has 86 valence electrons. The van der Waals surface area contributed by atoms with Gasteiger partial charge in [0.15, 0.2) is 0 Å². The van der Waals surface area contributed by atoms with Crippen molar-refractivity contribution in [1.82, 2.24) is 5.32 Å². The topological polar surface area (TPSA) is 38.3 Å². The summed E-state index contributed by atoms with van der Waals surface area (Å²) < 4.78 is 5.11. The standard InChI is InChI=1S/C13H17NO2/c1-5-10-6-8-11(9-7-10)16-12(15)14-13(2,3)4/h5-9H,1H2,2-4H3,(H,14,15). The van der Waals surface area contributed by atoms with E-state index in [-0.39, 0.29) is 5.54 Å². The van der Waals surface area contributed by atoms with Gasteiger partial charge in [-0.15, -0.1) is 0 Å². The van der Waals surface area contributed by atoms with Crippen molar-refractivity contribution in [2.45, 2.75) is 26.3 Å². The predicted molar refractivity (Wildman–Crippen MR) is 65.4 cm³/mol. The van der Waals surface area contributed by atoms with Gasteiger partial charge in [-0.2, -0.15) is 0 Å². The second kappa shape index (κ2) is 4.84. The molecule has 1 aromatic carbocycles. The number of hydrogen-bond acceptors (Lipinski definition) is 2. The van der Waals surface area contributed by atoms with Crippen molar-refractivity contribution in [3.8, 4) is 5.75 Å². The van der Waals surface area contributed by atoms with E-state index in [0.717, 1.165) is 5.56 Å². The lowest BCUT2D eigenvalue weighted by atomic mass is 10.1. The lowest BCUT2D eigenvalue weighted by Gasteiger charge is -2.19. The van der Waals surface area contributed by atoms with Crippen LogP contribution in [-0.4, -0.2) is 11.6 Å². The minimum absolute atomic E-state index is 0.294. The van der Waals surface area contributed by atoms with E-state index in [1.165, 1.54) is 0 Å². The molecule has 0 fully saturated rings. The number of rotatable bonds is 2. The summed E-state index contributed by atoms with van der Waals surface area (Å²) >= 11 is 0. The molecule has 0 aromatic heterocycles. The fourth-order valence-electron chi connectivity index (χ4n) is 1.11. The van der Waals surface area contributed by atoms with Gasteiger partial charge in [0.2, 0.25) is 0 Å². The molecule has 1 aromatic rings. The van der Waals surface area contributed by atoms with Crippen molar-refractivity contribution >= 4 is 12.2 Å². The highest BCUT2D eigenvalue weighted by Gasteiger charge is 2.14. The van der Waals surface area contributed by atoms with E-state index in [1.54, 1.807) is 18.2 Å². The molecular weight excluding hydrogens is 202 g/mol. The molecular formula is C13H17NO2. The maximum Gasteiger partial charge on any atom is 0.413 e. The largest absolute Gasteiger partial charge is 0.413 e. The summed E-state index contributed by atoms with van der Waals surface area (Å²) in [6.45, 7) is 9.34. The first-order valence-electron chi connectivity index (χ1n) is 5.13. The minimum atomic E-state index is -0.446. The second-order valence-corrected chi connectivity index (χ2v) is 4.54. The Morgan fingerprint density at radius 2 is 1.88 bits per heavy atom. The van der Waals surface area contributed by atoms with E-state index < -0.39 is 6.09 Å². The zero-order valence-electron chi connectivity index (χ0n) is 9.91. The highest BCUT2D eigenvalue weighted by Crippen LogP contribution is 2.13. The Morgan fingerprint density at radius 1 is 1.31 bits per heavy atom. The van der Waals surface area contributed by atoms with Crippen LogP contribution < -0.4 is 10.1 Å². The molecule has 3 heteroatoms. The van der Waals surface area contributed by atoms with E-state index in [1.807, 2.05) is 32.9 Å². The van der Waals surface area contributed by atoms with Crippen molar-refractivity contribution in [2.75, 3.05) is 0 Å². The molecule has 0 aliphatic carbocycles. The summed E-state index contributed by atoms with van der Waals surface area (Å²) in [6, 6.07) is 7.15.